The van der Waals surface area contributed by atoms with Crippen LogP contribution in [0, 0.1) is 0 Å². The lowest BCUT2D eigenvalue weighted by Gasteiger charge is -2.07. The number of rotatable bonds is 3. The second-order valence-electron chi connectivity index (χ2n) is 6.89. The lowest BCUT2D eigenvalue weighted by Crippen LogP contribution is -2.32. The van der Waals surface area contributed by atoms with Gasteiger partial charge in [0.2, 0.25) is 11.5 Å². The molecule has 1 heterocycles. The Hall–Kier alpha value is -4.06. The van der Waals surface area contributed by atoms with Crippen molar-refractivity contribution in [3.8, 4) is 0 Å². The molecule has 30 heavy (non-hydrogen) atoms. The van der Waals surface area contributed by atoms with E-state index < -0.39 is 11.8 Å². The largest absolute Gasteiger partial charge is 0.438 e. The molecule has 0 atom stereocenters. The van der Waals surface area contributed by atoms with Crippen molar-refractivity contribution < 1.29 is 18.8 Å². The van der Waals surface area contributed by atoms with Crippen molar-refractivity contribution in [1.82, 2.24) is 5.32 Å². The van der Waals surface area contributed by atoms with Gasteiger partial charge in [0.25, 0.3) is 5.91 Å². The molecular weight excluding hydrogens is 380 g/mol. The molecule has 0 fully saturated rings. The first kappa shape index (κ1) is 19.3. The van der Waals surface area contributed by atoms with E-state index in [0.717, 1.165) is 16.2 Å². The van der Waals surface area contributed by atoms with Crippen molar-refractivity contribution in [2.24, 2.45) is 4.99 Å². The van der Waals surface area contributed by atoms with Gasteiger partial charge < -0.3 is 4.42 Å². The summed E-state index contributed by atoms with van der Waals surface area (Å²) in [4.78, 5) is 40.1. The number of carbonyl (C=O) groups is 3. The molecule has 0 bridgehead atoms. The molecule has 3 aromatic carbocycles. The van der Waals surface area contributed by atoms with Crippen molar-refractivity contribution in [3.63, 3.8) is 0 Å². The maximum Gasteiger partial charge on any atom is 0.263 e. The molecule has 6 heteroatoms. The Labute approximate surface area is 171 Å². The van der Waals surface area contributed by atoms with Gasteiger partial charge in [-0.15, -0.1) is 0 Å². The van der Waals surface area contributed by atoms with Crippen LogP contribution in [0.1, 0.15) is 34.6 Å². The molecule has 0 aliphatic carbocycles. The number of Topliss-reactive ketones (excluding diaryl/α,β-unsaturated/α-hetero) is 1. The van der Waals surface area contributed by atoms with Crippen LogP contribution >= 0.6 is 0 Å². The Morgan fingerprint density at radius 3 is 2.30 bits per heavy atom. The number of carbonyl (C=O) groups excluding carboxylic acids is 3. The van der Waals surface area contributed by atoms with E-state index in [2.05, 4.69) is 10.3 Å². The van der Waals surface area contributed by atoms with Gasteiger partial charge >= 0.3 is 0 Å². The van der Waals surface area contributed by atoms with Crippen molar-refractivity contribution >= 4 is 45.0 Å². The average Bonchev–Trinajstić information content (AvgIpc) is 2.73. The van der Waals surface area contributed by atoms with E-state index in [9.17, 15) is 14.4 Å². The number of benzene rings is 3. The predicted octanol–water partition coefficient (Wildman–Crippen LogP) is 4.30. The maximum atomic E-state index is 12.7. The molecule has 148 valence electrons. The molecule has 4 aromatic rings. The molecule has 4 rings (SSSR count). The summed E-state index contributed by atoms with van der Waals surface area (Å²) >= 11 is 0. The highest BCUT2D eigenvalue weighted by Crippen LogP contribution is 2.25. The van der Waals surface area contributed by atoms with Crippen molar-refractivity contribution in [2.45, 2.75) is 13.8 Å². The van der Waals surface area contributed by atoms with Crippen molar-refractivity contribution in [3.05, 3.63) is 83.4 Å². The minimum Gasteiger partial charge on any atom is -0.438 e. The van der Waals surface area contributed by atoms with Crippen LogP contribution < -0.4 is 10.9 Å². The fourth-order valence-electron chi connectivity index (χ4n) is 3.24. The minimum atomic E-state index is -0.597. The van der Waals surface area contributed by atoms with Gasteiger partial charge in [0.1, 0.15) is 11.1 Å². The van der Waals surface area contributed by atoms with E-state index in [-0.39, 0.29) is 16.9 Å². The summed E-state index contributed by atoms with van der Waals surface area (Å²) in [7, 11) is 0. The summed E-state index contributed by atoms with van der Waals surface area (Å²) in [6, 6.07) is 19.8. The van der Waals surface area contributed by atoms with Crippen LogP contribution in [0.15, 0.2) is 76.1 Å². The molecule has 0 unspecified atom stereocenters. The maximum absolute atomic E-state index is 12.7. The smallest absolute Gasteiger partial charge is 0.263 e. The van der Waals surface area contributed by atoms with E-state index in [1.54, 1.807) is 30.3 Å². The molecule has 0 aliphatic heterocycles. The first-order valence-electron chi connectivity index (χ1n) is 9.35. The van der Waals surface area contributed by atoms with Gasteiger partial charge in [-0.25, -0.2) is 4.99 Å². The zero-order valence-corrected chi connectivity index (χ0v) is 16.4. The second-order valence-corrected chi connectivity index (χ2v) is 6.89. The highest BCUT2D eigenvalue weighted by molar-refractivity contribution is 6.10. The second kappa shape index (κ2) is 7.75. The highest BCUT2D eigenvalue weighted by Gasteiger charge is 2.15. The zero-order chi connectivity index (χ0) is 21.3. The van der Waals surface area contributed by atoms with Crippen LogP contribution in [-0.4, -0.2) is 17.6 Å². The van der Waals surface area contributed by atoms with Crippen LogP contribution in [0.3, 0.4) is 0 Å². The summed E-state index contributed by atoms with van der Waals surface area (Å²) in [5.41, 5.74) is 1.86. The number of hydrogen-bond acceptors (Lipinski definition) is 5. The van der Waals surface area contributed by atoms with E-state index in [4.69, 9.17) is 4.42 Å². The number of nitrogens with one attached hydrogen (secondary N) is 1. The molecule has 0 radical (unpaired) electrons. The Morgan fingerprint density at radius 1 is 0.867 bits per heavy atom. The predicted molar refractivity (Wildman–Crippen MR) is 114 cm³/mol. The van der Waals surface area contributed by atoms with Crippen molar-refractivity contribution in [1.29, 1.82) is 0 Å². The molecule has 0 spiro atoms. The summed E-state index contributed by atoms with van der Waals surface area (Å²) in [6.07, 6.45) is 0. The standard InChI is InChI=1S/C24H18N2O4/c1-14(27)16-7-10-18(11-8-16)26-24-21(23(29)25-15(2)28)13-20-19-6-4-3-5-17(19)9-12-22(20)30-24/h3-13H,1-2H3,(H,25,28,29). The third-order valence-corrected chi connectivity index (χ3v) is 4.70. The van der Waals surface area contributed by atoms with Crippen molar-refractivity contribution in [2.75, 3.05) is 0 Å². The number of amides is 2. The fourth-order valence-corrected chi connectivity index (χ4v) is 3.24. The number of hydrogen-bond donors (Lipinski definition) is 1. The molecule has 1 aromatic heterocycles. The normalized spacial score (nSPS) is 11.6. The fraction of sp³-hybridized carbons (Fsp3) is 0.0833. The van der Waals surface area contributed by atoms with Gasteiger partial charge in [0.05, 0.1) is 5.69 Å². The molecule has 0 saturated heterocycles. The molecule has 2 amide bonds. The lowest BCUT2D eigenvalue weighted by molar-refractivity contribution is -0.118. The molecule has 6 nitrogen and oxygen atoms in total. The van der Waals surface area contributed by atoms with Gasteiger partial charge in [-0.2, -0.15) is 0 Å². The van der Waals surface area contributed by atoms with Crippen LogP contribution in [-0.2, 0) is 4.79 Å². The van der Waals surface area contributed by atoms with Gasteiger partial charge in [-0.3, -0.25) is 19.7 Å². The molecule has 0 saturated carbocycles. The zero-order valence-electron chi connectivity index (χ0n) is 16.4. The number of ketones is 1. The molecular formula is C24H18N2O4. The van der Waals surface area contributed by atoms with Gasteiger partial charge in [0, 0.05) is 17.9 Å². The average molecular weight is 398 g/mol. The quantitative estimate of drug-likeness (QED) is 0.412. The first-order chi connectivity index (χ1) is 14.4. The summed E-state index contributed by atoms with van der Waals surface area (Å²) in [5, 5.41) is 4.95. The van der Waals surface area contributed by atoms with E-state index >= 15 is 0 Å². The lowest BCUT2D eigenvalue weighted by atomic mass is 10.0. The van der Waals surface area contributed by atoms with E-state index in [0.29, 0.717) is 16.8 Å². The van der Waals surface area contributed by atoms with Crippen LogP contribution in [0.2, 0.25) is 0 Å². The molecule has 0 aliphatic rings. The molecule has 1 N–H and O–H groups in total. The first-order valence-corrected chi connectivity index (χ1v) is 9.35. The third kappa shape index (κ3) is 3.75. The van der Waals surface area contributed by atoms with Crippen LogP contribution in [0.5, 0.6) is 0 Å². The number of nitrogens with zero attached hydrogens (tertiary/aromatic N) is 1. The topological polar surface area (TPSA) is 88.7 Å². The Morgan fingerprint density at radius 2 is 1.60 bits per heavy atom. The van der Waals surface area contributed by atoms with E-state index in [1.807, 2.05) is 36.4 Å². The highest BCUT2D eigenvalue weighted by atomic mass is 16.3. The summed E-state index contributed by atoms with van der Waals surface area (Å²) in [6.45, 7) is 2.75. The Bertz CT molecular complexity index is 1380. The van der Waals surface area contributed by atoms with Gasteiger partial charge in [0.15, 0.2) is 5.78 Å². The Balaban J connectivity index is 1.96. The number of imide groups is 1. The summed E-state index contributed by atoms with van der Waals surface area (Å²) < 4.78 is 5.98. The number of fused-ring (bicyclic) bond motifs is 3. The monoisotopic (exact) mass is 398 g/mol. The summed E-state index contributed by atoms with van der Waals surface area (Å²) in [5.74, 6) is -1.12. The SMILES string of the molecule is CC(=O)NC(=O)c1cc2c(ccc3ccccc32)oc1=Nc1ccc(C(C)=O)cc1. The van der Waals surface area contributed by atoms with Crippen LogP contribution in [0.4, 0.5) is 5.69 Å². The van der Waals surface area contributed by atoms with E-state index in [1.165, 1.54) is 13.8 Å². The van der Waals surface area contributed by atoms with Gasteiger partial charge in [-0.05, 0) is 54.1 Å². The minimum absolute atomic E-state index is 0.0506. The van der Waals surface area contributed by atoms with Gasteiger partial charge in [-0.1, -0.05) is 30.3 Å². The third-order valence-electron chi connectivity index (χ3n) is 4.70. The van der Waals surface area contributed by atoms with Crippen LogP contribution in [0.25, 0.3) is 21.7 Å². The Kier molecular flexibility index (Phi) is 4.98.